The molecule has 3 nitrogen and oxygen atoms in total. The Morgan fingerprint density at radius 3 is 2.33 bits per heavy atom. The molecular formula is C15H23NO2. The zero-order valence-electron chi connectivity index (χ0n) is 11.5. The van der Waals surface area contributed by atoms with Gasteiger partial charge in [0.25, 0.3) is 5.91 Å². The van der Waals surface area contributed by atoms with Crippen LogP contribution in [-0.4, -0.2) is 35.1 Å². The molecule has 1 aromatic carbocycles. The van der Waals surface area contributed by atoms with E-state index in [0.717, 1.165) is 12.0 Å². The van der Waals surface area contributed by atoms with Gasteiger partial charge in [-0.15, -0.1) is 0 Å². The Morgan fingerprint density at radius 1 is 1.28 bits per heavy atom. The molecule has 18 heavy (non-hydrogen) atoms. The standard InChI is InChI=1S/C15H23NO2/c1-4-13-6-8-14(9-7-13)15(18)16(12(2)3)10-5-11-17/h6-9,12,17H,4-5,10-11H2,1-3H3. The molecule has 0 aliphatic rings. The van der Waals surface area contributed by atoms with E-state index < -0.39 is 0 Å². The van der Waals surface area contributed by atoms with Gasteiger partial charge in [0.15, 0.2) is 0 Å². The lowest BCUT2D eigenvalue weighted by Gasteiger charge is -2.26. The second kappa shape index (κ2) is 7.17. The minimum atomic E-state index is 0.0427. The van der Waals surface area contributed by atoms with Crippen molar-refractivity contribution in [1.82, 2.24) is 4.90 Å². The lowest BCUT2D eigenvalue weighted by atomic mass is 10.1. The molecule has 1 aromatic rings. The van der Waals surface area contributed by atoms with Gasteiger partial charge in [-0.2, -0.15) is 0 Å². The van der Waals surface area contributed by atoms with Gasteiger partial charge in [0, 0.05) is 24.8 Å². The monoisotopic (exact) mass is 249 g/mol. The predicted octanol–water partition coefficient (Wildman–Crippen LogP) is 2.48. The van der Waals surface area contributed by atoms with E-state index in [0.29, 0.717) is 13.0 Å². The van der Waals surface area contributed by atoms with Crippen molar-refractivity contribution in [2.75, 3.05) is 13.2 Å². The fourth-order valence-electron chi connectivity index (χ4n) is 1.88. The SMILES string of the molecule is CCc1ccc(C(=O)N(CCCO)C(C)C)cc1. The largest absolute Gasteiger partial charge is 0.396 e. The van der Waals surface area contributed by atoms with Crippen LogP contribution in [0.4, 0.5) is 0 Å². The molecule has 0 unspecified atom stereocenters. The lowest BCUT2D eigenvalue weighted by Crippen LogP contribution is -2.38. The number of aliphatic hydroxyl groups is 1. The third kappa shape index (κ3) is 3.84. The topological polar surface area (TPSA) is 40.5 Å². The van der Waals surface area contributed by atoms with E-state index in [4.69, 9.17) is 5.11 Å². The number of amides is 1. The molecule has 1 rings (SSSR count). The quantitative estimate of drug-likeness (QED) is 0.841. The number of hydrogen-bond donors (Lipinski definition) is 1. The average Bonchev–Trinajstić information content (AvgIpc) is 2.38. The molecule has 0 aliphatic carbocycles. The molecule has 0 aromatic heterocycles. The molecule has 0 spiro atoms. The van der Waals surface area contributed by atoms with Gasteiger partial charge in [-0.05, 0) is 44.4 Å². The first kappa shape index (κ1) is 14.7. The van der Waals surface area contributed by atoms with Crippen molar-refractivity contribution in [2.45, 2.75) is 39.7 Å². The molecule has 0 heterocycles. The molecule has 0 bridgehead atoms. The van der Waals surface area contributed by atoms with Crippen molar-refractivity contribution >= 4 is 5.91 Å². The number of carbonyl (C=O) groups is 1. The molecule has 0 fully saturated rings. The van der Waals surface area contributed by atoms with E-state index in [1.54, 1.807) is 4.90 Å². The maximum absolute atomic E-state index is 12.3. The molecule has 1 amide bonds. The number of aryl methyl sites for hydroxylation is 1. The summed E-state index contributed by atoms with van der Waals surface area (Å²) in [6.07, 6.45) is 1.60. The molecule has 0 saturated carbocycles. The van der Waals surface area contributed by atoms with E-state index in [1.807, 2.05) is 38.1 Å². The zero-order valence-corrected chi connectivity index (χ0v) is 11.5. The number of carbonyl (C=O) groups excluding carboxylic acids is 1. The Hall–Kier alpha value is -1.35. The first-order valence-electron chi connectivity index (χ1n) is 6.61. The fourth-order valence-corrected chi connectivity index (χ4v) is 1.88. The van der Waals surface area contributed by atoms with Crippen LogP contribution in [0.25, 0.3) is 0 Å². The van der Waals surface area contributed by atoms with Crippen molar-refractivity contribution in [3.63, 3.8) is 0 Å². The Kier molecular flexibility index (Phi) is 5.86. The Labute approximate surface area is 109 Å². The maximum Gasteiger partial charge on any atom is 0.254 e. The summed E-state index contributed by atoms with van der Waals surface area (Å²) in [5.74, 6) is 0.0427. The highest BCUT2D eigenvalue weighted by atomic mass is 16.3. The zero-order chi connectivity index (χ0) is 13.5. The summed E-state index contributed by atoms with van der Waals surface area (Å²) in [5, 5.41) is 8.88. The Morgan fingerprint density at radius 2 is 1.89 bits per heavy atom. The van der Waals surface area contributed by atoms with Crippen molar-refractivity contribution in [2.24, 2.45) is 0 Å². The summed E-state index contributed by atoms with van der Waals surface area (Å²) in [4.78, 5) is 14.1. The third-order valence-corrected chi connectivity index (χ3v) is 3.05. The fraction of sp³-hybridized carbons (Fsp3) is 0.533. The second-order valence-corrected chi connectivity index (χ2v) is 4.72. The normalized spacial score (nSPS) is 10.7. The predicted molar refractivity (Wildman–Crippen MR) is 73.7 cm³/mol. The molecule has 100 valence electrons. The van der Waals surface area contributed by atoms with E-state index in [9.17, 15) is 4.79 Å². The van der Waals surface area contributed by atoms with Gasteiger partial charge in [-0.25, -0.2) is 0 Å². The highest BCUT2D eigenvalue weighted by Gasteiger charge is 2.17. The minimum absolute atomic E-state index is 0.0427. The van der Waals surface area contributed by atoms with Crippen LogP contribution in [-0.2, 0) is 6.42 Å². The molecule has 3 heteroatoms. The highest BCUT2D eigenvalue weighted by Crippen LogP contribution is 2.11. The van der Waals surface area contributed by atoms with E-state index in [-0.39, 0.29) is 18.6 Å². The second-order valence-electron chi connectivity index (χ2n) is 4.72. The third-order valence-electron chi connectivity index (χ3n) is 3.05. The maximum atomic E-state index is 12.3. The van der Waals surface area contributed by atoms with Gasteiger partial charge in [0.2, 0.25) is 0 Å². The summed E-state index contributed by atoms with van der Waals surface area (Å²) in [5.41, 5.74) is 1.96. The van der Waals surface area contributed by atoms with Gasteiger partial charge in [0.05, 0.1) is 0 Å². The van der Waals surface area contributed by atoms with Crippen molar-refractivity contribution in [3.8, 4) is 0 Å². The van der Waals surface area contributed by atoms with Gasteiger partial charge in [-0.3, -0.25) is 4.79 Å². The van der Waals surface area contributed by atoms with Crippen LogP contribution >= 0.6 is 0 Å². The van der Waals surface area contributed by atoms with Crippen molar-refractivity contribution in [1.29, 1.82) is 0 Å². The highest BCUT2D eigenvalue weighted by molar-refractivity contribution is 5.94. The molecule has 1 N–H and O–H groups in total. The first-order chi connectivity index (χ1) is 8.60. The summed E-state index contributed by atoms with van der Waals surface area (Å²) in [6.45, 7) is 6.80. The van der Waals surface area contributed by atoms with Crippen LogP contribution in [0.1, 0.15) is 43.1 Å². The number of benzene rings is 1. The lowest BCUT2D eigenvalue weighted by molar-refractivity contribution is 0.0693. The number of aliphatic hydroxyl groups excluding tert-OH is 1. The van der Waals surface area contributed by atoms with Gasteiger partial charge in [0.1, 0.15) is 0 Å². The Bertz CT molecular complexity index is 371. The summed E-state index contributed by atoms with van der Waals surface area (Å²) < 4.78 is 0. The van der Waals surface area contributed by atoms with Crippen LogP contribution in [0.5, 0.6) is 0 Å². The van der Waals surface area contributed by atoms with Crippen molar-refractivity contribution < 1.29 is 9.90 Å². The Balaban J connectivity index is 2.80. The minimum Gasteiger partial charge on any atom is -0.396 e. The summed E-state index contributed by atoms with van der Waals surface area (Å²) >= 11 is 0. The van der Waals surface area contributed by atoms with E-state index in [2.05, 4.69) is 6.92 Å². The van der Waals surface area contributed by atoms with Crippen LogP contribution in [0, 0.1) is 0 Å². The van der Waals surface area contributed by atoms with Crippen molar-refractivity contribution in [3.05, 3.63) is 35.4 Å². The molecule has 0 atom stereocenters. The van der Waals surface area contributed by atoms with E-state index >= 15 is 0 Å². The van der Waals surface area contributed by atoms with Crippen LogP contribution in [0.2, 0.25) is 0 Å². The van der Waals surface area contributed by atoms with Crippen LogP contribution in [0.3, 0.4) is 0 Å². The van der Waals surface area contributed by atoms with Gasteiger partial charge < -0.3 is 10.0 Å². The number of hydrogen-bond acceptors (Lipinski definition) is 2. The number of rotatable bonds is 6. The van der Waals surface area contributed by atoms with Gasteiger partial charge in [-0.1, -0.05) is 19.1 Å². The molecule has 0 saturated heterocycles. The molecule has 0 radical (unpaired) electrons. The van der Waals surface area contributed by atoms with Crippen LogP contribution in [0.15, 0.2) is 24.3 Å². The van der Waals surface area contributed by atoms with E-state index in [1.165, 1.54) is 5.56 Å². The number of nitrogens with zero attached hydrogens (tertiary/aromatic N) is 1. The average molecular weight is 249 g/mol. The summed E-state index contributed by atoms with van der Waals surface area (Å²) in [6, 6.07) is 7.91. The first-order valence-corrected chi connectivity index (χ1v) is 6.61. The molecule has 0 aliphatic heterocycles. The van der Waals surface area contributed by atoms with Crippen LogP contribution < -0.4 is 0 Å². The summed E-state index contributed by atoms with van der Waals surface area (Å²) in [7, 11) is 0. The smallest absolute Gasteiger partial charge is 0.254 e. The molecular weight excluding hydrogens is 226 g/mol. The van der Waals surface area contributed by atoms with Gasteiger partial charge >= 0.3 is 0 Å².